The van der Waals surface area contributed by atoms with Gasteiger partial charge in [0.2, 0.25) is 0 Å². The fourth-order valence-corrected chi connectivity index (χ4v) is 1.84. The molecule has 0 saturated carbocycles. The minimum absolute atomic E-state index is 0.131. The van der Waals surface area contributed by atoms with Crippen LogP contribution < -0.4 is 0 Å². The highest BCUT2D eigenvalue weighted by atomic mass is 16.3. The van der Waals surface area contributed by atoms with Gasteiger partial charge in [-0.3, -0.25) is 9.59 Å². The molecule has 1 aromatic carbocycles. The van der Waals surface area contributed by atoms with Crippen LogP contribution in [0.1, 0.15) is 27.6 Å². The number of hydrogen-bond acceptors (Lipinski definition) is 3. The van der Waals surface area contributed by atoms with Gasteiger partial charge in [0, 0.05) is 16.7 Å². The molecular formula is C14H12O3. The number of hydrogen-bond donors (Lipinski definition) is 1. The number of rotatable bonds is 2. The summed E-state index contributed by atoms with van der Waals surface area (Å²) in [6.07, 6.45) is 3.31. The second kappa shape index (κ2) is 4.47. The fraction of sp³-hybridized carbons (Fsp3) is 0.143. The molecule has 0 bridgehead atoms. The zero-order valence-electron chi connectivity index (χ0n) is 9.38. The van der Waals surface area contributed by atoms with Crippen LogP contribution in [0.3, 0.4) is 0 Å². The Hall–Kier alpha value is -2.00. The molecule has 1 N–H and O–H groups in total. The number of carbonyl (C=O) groups excluding carboxylic acids is 2. The SMILES string of the molecule is C/C=C\[C@H](O)C1=CC(=O)c2ccccc2C1=O. The molecule has 3 heteroatoms. The molecule has 17 heavy (non-hydrogen) atoms. The van der Waals surface area contributed by atoms with Crippen molar-refractivity contribution in [1.82, 2.24) is 0 Å². The molecule has 86 valence electrons. The molecule has 0 radical (unpaired) electrons. The van der Waals surface area contributed by atoms with E-state index in [9.17, 15) is 14.7 Å². The quantitative estimate of drug-likeness (QED) is 0.787. The molecule has 0 unspecified atom stereocenters. The maximum atomic E-state index is 12.1. The monoisotopic (exact) mass is 228 g/mol. The molecule has 1 aromatic rings. The van der Waals surface area contributed by atoms with Gasteiger partial charge in [0.05, 0.1) is 0 Å². The van der Waals surface area contributed by atoms with Crippen molar-refractivity contribution in [3.05, 3.63) is 59.2 Å². The lowest BCUT2D eigenvalue weighted by Crippen LogP contribution is -2.23. The first-order valence-electron chi connectivity index (χ1n) is 5.35. The van der Waals surface area contributed by atoms with Crippen molar-refractivity contribution in [2.45, 2.75) is 13.0 Å². The zero-order valence-corrected chi connectivity index (χ0v) is 9.38. The number of Topliss-reactive ketones (excluding diaryl/α,β-unsaturated/α-hetero) is 1. The zero-order chi connectivity index (χ0) is 12.4. The van der Waals surface area contributed by atoms with E-state index in [1.807, 2.05) is 0 Å². The van der Waals surface area contributed by atoms with Crippen LogP contribution in [0, 0.1) is 0 Å². The van der Waals surface area contributed by atoms with Gasteiger partial charge in [-0.25, -0.2) is 0 Å². The molecule has 0 fully saturated rings. The number of ketones is 2. The minimum Gasteiger partial charge on any atom is -0.384 e. The van der Waals surface area contributed by atoms with Crippen LogP contribution in [-0.4, -0.2) is 22.8 Å². The molecule has 0 amide bonds. The van der Waals surface area contributed by atoms with Crippen molar-refractivity contribution in [2.75, 3.05) is 0 Å². The van der Waals surface area contributed by atoms with Crippen LogP contribution >= 0.6 is 0 Å². The summed E-state index contributed by atoms with van der Waals surface area (Å²) < 4.78 is 0. The topological polar surface area (TPSA) is 54.4 Å². The predicted molar refractivity (Wildman–Crippen MR) is 64.0 cm³/mol. The van der Waals surface area contributed by atoms with E-state index < -0.39 is 6.10 Å². The Morgan fingerprint density at radius 3 is 2.47 bits per heavy atom. The van der Waals surface area contributed by atoms with E-state index in [0.29, 0.717) is 11.1 Å². The summed E-state index contributed by atoms with van der Waals surface area (Å²) in [5.74, 6) is -0.524. The second-order valence-corrected chi connectivity index (χ2v) is 3.81. The third-order valence-corrected chi connectivity index (χ3v) is 2.68. The first-order valence-corrected chi connectivity index (χ1v) is 5.35. The Bertz CT molecular complexity index is 538. The lowest BCUT2D eigenvalue weighted by molar-refractivity contribution is 0.0960. The van der Waals surface area contributed by atoms with Crippen molar-refractivity contribution >= 4 is 11.6 Å². The molecule has 0 aromatic heterocycles. The summed E-state index contributed by atoms with van der Waals surface area (Å²) in [6.45, 7) is 1.74. The van der Waals surface area contributed by atoms with Gasteiger partial charge in [0.1, 0.15) is 6.10 Å². The average molecular weight is 228 g/mol. The Morgan fingerprint density at radius 1 is 1.18 bits per heavy atom. The Morgan fingerprint density at radius 2 is 1.82 bits per heavy atom. The van der Waals surface area contributed by atoms with Crippen molar-refractivity contribution in [3.8, 4) is 0 Å². The van der Waals surface area contributed by atoms with Crippen LogP contribution in [0.15, 0.2) is 48.1 Å². The normalized spacial score (nSPS) is 16.9. The third kappa shape index (κ3) is 1.97. The molecule has 0 spiro atoms. The lowest BCUT2D eigenvalue weighted by Gasteiger charge is -2.16. The van der Waals surface area contributed by atoms with E-state index in [1.165, 1.54) is 12.2 Å². The summed E-state index contributed by atoms with van der Waals surface area (Å²) in [7, 11) is 0. The van der Waals surface area contributed by atoms with E-state index in [4.69, 9.17) is 0 Å². The number of benzene rings is 1. The first-order chi connectivity index (χ1) is 8.15. The van der Waals surface area contributed by atoms with Crippen LogP contribution in [0.5, 0.6) is 0 Å². The molecule has 0 aliphatic heterocycles. The van der Waals surface area contributed by atoms with E-state index in [0.717, 1.165) is 0 Å². The molecule has 2 rings (SSSR count). The molecule has 1 atom stereocenters. The standard InChI is InChI=1S/C14H12O3/c1-2-5-12(15)11-8-13(16)9-6-3-4-7-10(9)14(11)17/h2-8,12,15H,1H3/b5-2-/t12-/m0/s1. The van der Waals surface area contributed by atoms with Gasteiger partial charge in [0.15, 0.2) is 11.6 Å². The fourth-order valence-electron chi connectivity index (χ4n) is 1.84. The van der Waals surface area contributed by atoms with Gasteiger partial charge >= 0.3 is 0 Å². The van der Waals surface area contributed by atoms with Gasteiger partial charge in [-0.1, -0.05) is 36.4 Å². The molecule has 3 nitrogen and oxygen atoms in total. The van der Waals surface area contributed by atoms with E-state index >= 15 is 0 Å². The van der Waals surface area contributed by atoms with Gasteiger partial charge in [-0.15, -0.1) is 0 Å². The highest BCUT2D eigenvalue weighted by molar-refractivity contribution is 6.24. The number of aliphatic hydroxyl groups excluding tert-OH is 1. The number of carbonyl (C=O) groups is 2. The van der Waals surface area contributed by atoms with Crippen molar-refractivity contribution in [2.24, 2.45) is 0 Å². The maximum Gasteiger partial charge on any atom is 0.192 e. The highest BCUT2D eigenvalue weighted by Gasteiger charge is 2.27. The maximum absolute atomic E-state index is 12.1. The van der Waals surface area contributed by atoms with Crippen LogP contribution in [0.4, 0.5) is 0 Å². The average Bonchev–Trinajstić information content (AvgIpc) is 2.34. The summed E-state index contributed by atoms with van der Waals surface area (Å²) in [5, 5.41) is 9.76. The van der Waals surface area contributed by atoms with Crippen molar-refractivity contribution < 1.29 is 14.7 Å². The predicted octanol–water partition coefficient (Wildman–Crippen LogP) is 1.93. The summed E-state index contributed by atoms with van der Waals surface area (Å²) in [4.78, 5) is 23.9. The smallest absolute Gasteiger partial charge is 0.192 e. The third-order valence-electron chi connectivity index (χ3n) is 2.68. The Labute approximate surface area is 99.1 Å². The first kappa shape index (κ1) is 11.5. The molecule has 0 saturated heterocycles. The van der Waals surface area contributed by atoms with Crippen molar-refractivity contribution in [3.63, 3.8) is 0 Å². The summed E-state index contributed by atoms with van der Waals surface area (Å²) >= 11 is 0. The van der Waals surface area contributed by atoms with Gasteiger partial charge in [-0.05, 0) is 13.0 Å². The van der Waals surface area contributed by atoms with E-state index in [1.54, 1.807) is 37.3 Å². The molecular weight excluding hydrogens is 216 g/mol. The summed E-state index contributed by atoms with van der Waals surface area (Å²) in [6, 6.07) is 6.63. The number of aliphatic hydroxyl groups is 1. The van der Waals surface area contributed by atoms with Gasteiger partial charge in [-0.2, -0.15) is 0 Å². The summed E-state index contributed by atoms with van der Waals surface area (Å²) in [5.41, 5.74) is 0.888. The van der Waals surface area contributed by atoms with E-state index in [2.05, 4.69) is 0 Å². The van der Waals surface area contributed by atoms with Crippen LogP contribution in [0.25, 0.3) is 0 Å². The van der Waals surface area contributed by atoms with Crippen LogP contribution in [-0.2, 0) is 0 Å². The van der Waals surface area contributed by atoms with E-state index in [-0.39, 0.29) is 17.1 Å². The van der Waals surface area contributed by atoms with Gasteiger partial charge in [0.25, 0.3) is 0 Å². The molecule has 1 aliphatic rings. The minimum atomic E-state index is -1.02. The largest absolute Gasteiger partial charge is 0.384 e. The highest BCUT2D eigenvalue weighted by Crippen LogP contribution is 2.23. The number of allylic oxidation sites excluding steroid dienone is 2. The van der Waals surface area contributed by atoms with Crippen molar-refractivity contribution in [1.29, 1.82) is 0 Å². The Balaban J connectivity index is 2.48. The lowest BCUT2D eigenvalue weighted by atomic mass is 9.87. The Kier molecular flexibility index (Phi) is 3.02. The molecule has 1 aliphatic carbocycles. The van der Waals surface area contributed by atoms with Gasteiger partial charge < -0.3 is 5.11 Å². The molecule has 0 heterocycles. The number of fused-ring (bicyclic) bond motifs is 1. The van der Waals surface area contributed by atoms with Crippen LogP contribution in [0.2, 0.25) is 0 Å². The second-order valence-electron chi connectivity index (χ2n) is 3.81.